The molecule has 0 aromatic heterocycles. The third-order valence-electron chi connectivity index (χ3n) is 3.50. The van der Waals surface area contributed by atoms with Crippen molar-refractivity contribution < 1.29 is 72.9 Å². The van der Waals surface area contributed by atoms with E-state index >= 15 is 0 Å². The van der Waals surface area contributed by atoms with E-state index in [0.29, 0.717) is 5.57 Å². The number of aliphatic hydroxyl groups excluding tert-OH is 2. The van der Waals surface area contributed by atoms with Gasteiger partial charge in [0.25, 0.3) is 0 Å². The Balaban J connectivity index is -0.000000534. The van der Waals surface area contributed by atoms with Gasteiger partial charge in [-0.05, 0) is 20.8 Å². The van der Waals surface area contributed by atoms with Crippen LogP contribution in [0.1, 0.15) is 46.5 Å². The smallest absolute Gasteiger partial charge is 0.333 e. The molecule has 40 heavy (non-hydrogen) atoms. The molecule has 0 aliphatic rings. The van der Waals surface area contributed by atoms with Crippen LogP contribution in [-0.2, 0) is 52.5 Å². The molecule has 4 N–H and O–H groups in total. The molecular formula is C25H36O15. The molecule has 0 amide bonds. The monoisotopic (exact) mass is 576 g/mol. The Morgan fingerprint density at radius 1 is 0.625 bits per heavy atom. The Kier molecular flexibility index (Phi) is 23.8. The lowest BCUT2D eigenvalue weighted by molar-refractivity contribution is -0.162. The van der Waals surface area contributed by atoms with Gasteiger partial charge >= 0.3 is 41.8 Å². The van der Waals surface area contributed by atoms with E-state index in [2.05, 4.69) is 38.7 Å². The molecule has 0 heterocycles. The summed E-state index contributed by atoms with van der Waals surface area (Å²) in [6.07, 6.45) is -2.72. The predicted octanol–water partition coefficient (Wildman–Crippen LogP) is 0.470. The predicted molar refractivity (Wildman–Crippen MR) is 135 cm³/mol. The van der Waals surface area contributed by atoms with E-state index in [4.69, 9.17) is 15.3 Å². The average Bonchev–Trinajstić information content (AvgIpc) is 2.86. The first-order chi connectivity index (χ1) is 18.4. The van der Waals surface area contributed by atoms with Crippen molar-refractivity contribution >= 4 is 41.8 Å². The van der Waals surface area contributed by atoms with Crippen molar-refractivity contribution in [2.24, 2.45) is 0 Å². The number of carbonyl (C=O) groups excluding carboxylic acids is 5. The van der Waals surface area contributed by atoms with Crippen LogP contribution in [0.2, 0.25) is 0 Å². The molecule has 15 nitrogen and oxygen atoms in total. The molecule has 0 radical (unpaired) electrons. The van der Waals surface area contributed by atoms with E-state index in [-0.39, 0.29) is 37.6 Å². The Morgan fingerprint density at radius 3 is 1.23 bits per heavy atom. The molecule has 0 bridgehead atoms. The summed E-state index contributed by atoms with van der Waals surface area (Å²) < 4.78 is 17.9. The summed E-state index contributed by atoms with van der Waals surface area (Å²) in [6, 6.07) is 0. The number of hydrogen-bond acceptors (Lipinski definition) is 13. The van der Waals surface area contributed by atoms with Crippen molar-refractivity contribution in [3.8, 4) is 0 Å². The number of carbonyl (C=O) groups is 7. The highest BCUT2D eigenvalue weighted by Gasteiger charge is 2.14. The van der Waals surface area contributed by atoms with Gasteiger partial charge in [0.1, 0.15) is 25.9 Å². The summed E-state index contributed by atoms with van der Waals surface area (Å²) in [7, 11) is 0. The van der Waals surface area contributed by atoms with E-state index < -0.39 is 73.6 Å². The largest absolute Gasteiger partial charge is 0.481 e. The van der Waals surface area contributed by atoms with Crippen molar-refractivity contribution in [1.29, 1.82) is 0 Å². The highest BCUT2D eigenvalue weighted by Crippen LogP contribution is 1.99. The van der Waals surface area contributed by atoms with Gasteiger partial charge in [-0.25, -0.2) is 14.4 Å². The fourth-order valence-corrected chi connectivity index (χ4v) is 1.55. The molecule has 226 valence electrons. The van der Waals surface area contributed by atoms with Gasteiger partial charge in [0.05, 0.1) is 32.3 Å². The van der Waals surface area contributed by atoms with Crippen LogP contribution in [0, 0.1) is 0 Å². The number of carboxylic acid groups (broad SMARTS) is 2. The molecule has 0 aromatic carbocycles. The maximum atomic E-state index is 10.9. The number of ether oxygens (including phenoxy) is 4. The molecule has 0 spiro atoms. The highest BCUT2D eigenvalue weighted by molar-refractivity contribution is 5.89. The first-order valence-electron chi connectivity index (χ1n) is 11.4. The van der Waals surface area contributed by atoms with Gasteiger partial charge in [0.2, 0.25) is 0 Å². The third kappa shape index (κ3) is 28.2. The minimum Gasteiger partial charge on any atom is -0.481 e. The normalized spacial score (nSPS) is 9.35. The molecule has 0 unspecified atom stereocenters. The van der Waals surface area contributed by atoms with Gasteiger partial charge in [-0.3, -0.25) is 19.2 Å². The van der Waals surface area contributed by atoms with Gasteiger partial charge in [-0.1, -0.05) is 19.7 Å². The molecule has 0 rings (SSSR count). The van der Waals surface area contributed by atoms with E-state index in [1.807, 2.05) is 0 Å². The molecule has 0 atom stereocenters. The van der Waals surface area contributed by atoms with Crippen molar-refractivity contribution in [3.63, 3.8) is 0 Å². The number of hydrogen-bond donors (Lipinski definition) is 4. The number of rotatable bonds is 15. The minimum absolute atomic E-state index is 0.0473. The Morgan fingerprint density at radius 2 is 0.950 bits per heavy atom. The highest BCUT2D eigenvalue weighted by atomic mass is 16.6. The van der Waals surface area contributed by atoms with Crippen molar-refractivity contribution in [2.75, 3.05) is 26.4 Å². The van der Waals surface area contributed by atoms with Crippen LogP contribution in [-0.4, -0.2) is 94.7 Å². The fourth-order valence-electron chi connectivity index (χ4n) is 1.55. The molecular weight excluding hydrogens is 540 g/mol. The summed E-state index contributed by atoms with van der Waals surface area (Å²) >= 11 is 0. The summed E-state index contributed by atoms with van der Waals surface area (Å²) in [6.45, 7) is 14.1. The molecule has 0 aliphatic heterocycles. The molecule has 0 saturated heterocycles. The van der Waals surface area contributed by atoms with Gasteiger partial charge in [0.15, 0.2) is 0 Å². The lowest BCUT2D eigenvalue weighted by Crippen LogP contribution is -2.25. The zero-order valence-corrected chi connectivity index (χ0v) is 22.6. The van der Waals surface area contributed by atoms with Gasteiger partial charge in [-0.2, -0.15) is 0 Å². The zero-order valence-electron chi connectivity index (χ0n) is 22.6. The topological polar surface area (TPSA) is 237 Å². The van der Waals surface area contributed by atoms with Crippen LogP contribution in [0.15, 0.2) is 36.5 Å². The summed E-state index contributed by atoms with van der Waals surface area (Å²) in [4.78, 5) is 73.9. The van der Waals surface area contributed by atoms with Crippen LogP contribution in [0.3, 0.4) is 0 Å². The fraction of sp³-hybridized carbons (Fsp3) is 0.480. The molecule has 0 aliphatic carbocycles. The first kappa shape index (κ1) is 40.1. The first-order valence-corrected chi connectivity index (χ1v) is 11.4. The van der Waals surface area contributed by atoms with Gasteiger partial charge in [-0.15, -0.1) is 0 Å². The number of esters is 5. The van der Waals surface area contributed by atoms with Crippen LogP contribution in [0.25, 0.3) is 0 Å². The third-order valence-corrected chi connectivity index (χ3v) is 3.50. The second-order valence-electron chi connectivity index (χ2n) is 7.68. The van der Waals surface area contributed by atoms with E-state index in [1.54, 1.807) is 6.92 Å². The summed E-state index contributed by atoms with van der Waals surface area (Å²) in [5, 5.41) is 33.9. The molecule has 15 heteroatoms. The maximum absolute atomic E-state index is 10.9. The van der Waals surface area contributed by atoms with Crippen LogP contribution >= 0.6 is 0 Å². The Labute approximate surface area is 230 Å². The van der Waals surface area contributed by atoms with Crippen LogP contribution in [0.5, 0.6) is 0 Å². The number of aliphatic carboxylic acids is 2. The lowest BCUT2D eigenvalue weighted by Gasteiger charge is -2.11. The minimum atomic E-state index is -1.18. The zero-order chi connectivity index (χ0) is 31.8. The number of carboxylic acids is 2. The van der Waals surface area contributed by atoms with Crippen LogP contribution in [0.4, 0.5) is 0 Å². The van der Waals surface area contributed by atoms with Crippen molar-refractivity contribution in [2.45, 2.75) is 52.6 Å². The van der Waals surface area contributed by atoms with E-state index in [1.165, 1.54) is 13.8 Å². The quantitative estimate of drug-likeness (QED) is 0.0896. The second kappa shape index (κ2) is 23.7. The Bertz CT molecular complexity index is 875. The van der Waals surface area contributed by atoms with E-state index in [0.717, 1.165) is 0 Å². The molecule has 0 fully saturated rings. The van der Waals surface area contributed by atoms with Gasteiger partial charge in [0, 0.05) is 16.7 Å². The van der Waals surface area contributed by atoms with Crippen molar-refractivity contribution in [3.05, 3.63) is 36.5 Å². The van der Waals surface area contributed by atoms with Gasteiger partial charge < -0.3 is 39.4 Å². The van der Waals surface area contributed by atoms with Crippen molar-refractivity contribution in [1.82, 2.24) is 0 Å². The van der Waals surface area contributed by atoms with Crippen LogP contribution < -0.4 is 0 Å². The molecule has 0 aromatic rings. The summed E-state index contributed by atoms with van der Waals surface area (Å²) in [5.41, 5.74) is 0.834. The van der Waals surface area contributed by atoms with E-state index in [9.17, 15) is 38.7 Å². The number of aliphatic hydroxyl groups is 2. The Hall–Kier alpha value is -4.37. The summed E-state index contributed by atoms with van der Waals surface area (Å²) in [5.74, 6) is -5.92. The lowest BCUT2D eigenvalue weighted by atomic mass is 10.3. The second-order valence-corrected chi connectivity index (χ2v) is 7.68. The maximum Gasteiger partial charge on any atom is 0.333 e. The SMILES string of the molecule is C=C(C)C(=O)OCC(O)COC(=O)C(=C)C.C=C(C)C(=O)OCCO.O=C(O)CCC(=O)OC(=O)CCC(=O)O. The molecule has 0 saturated carbocycles. The average molecular weight is 577 g/mol. The standard InChI is InChI=1S/C11H16O5.C8H10O7.C6H10O3/c1-7(2)10(13)15-5-9(12)6-16-11(14)8(3)4;9-5(10)1-3-7(13)15-8(14)4-2-6(11)12;1-5(2)6(8)9-4-3-7/h9,12H,1,3,5-6H2,2,4H3;1-4H2,(H,9,10)(H,11,12);7H,1,3-4H2,2H3.